The molecule has 3 N–H and O–H groups in total. The van der Waals surface area contributed by atoms with Crippen LogP contribution in [0.5, 0.6) is 0 Å². The topological polar surface area (TPSA) is 98.0 Å². The maximum Gasteiger partial charge on any atom is 0.263 e. The van der Waals surface area contributed by atoms with E-state index in [2.05, 4.69) is 14.7 Å². The molecule has 20 heavy (non-hydrogen) atoms. The van der Waals surface area contributed by atoms with E-state index in [0.29, 0.717) is 11.3 Å². The van der Waals surface area contributed by atoms with Gasteiger partial charge in [-0.2, -0.15) is 4.98 Å². The van der Waals surface area contributed by atoms with E-state index in [4.69, 9.17) is 17.3 Å². The molecule has 1 heterocycles. The van der Waals surface area contributed by atoms with Crippen molar-refractivity contribution in [2.75, 3.05) is 10.5 Å². The molecule has 6 nitrogen and oxygen atoms in total. The summed E-state index contributed by atoms with van der Waals surface area (Å²) < 4.78 is 27.1. The molecule has 0 saturated carbocycles. The Balaban J connectivity index is 2.46. The zero-order valence-corrected chi connectivity index (χ0v) is 12.5. The average Bonchev–Trinajstić information content (AvgIpc) is 2.33. The number of nitrogen functional groups attached to an aromatic ring is 1. The van der Waals surface area contributed by atoms with Crippen molar-refractivity contribution in [2.24, 2.45) is 0 Å². The Labute approximate surface area is 122 Å². The summed E-state index contributed by atoms with van der Waals surface area (Å²) in [5.74, 6) is 0.101. The minimum absolute atomic E-state index is 0.0364. The lowest BCUT2D eigenvalue weighted by Crippen LogP contribution is -2.16. The summed E-state index contributed by atoms with van der Waals surface area (Å²) >= 11 is 5.62. The predicted molar refractivity (Wildman–Crippen MR) is 78.2 cm³/mol. The number of aryl methyl sites for hydroxylation is 1. The van der Waals surface area contributed by atoms with Gasteiger partial charge in [-0.05, 0) is 54.8 Å². The maximum atomic E-state index is 12.4. The summed E-state index contributed by atoms with van der Waals surface area (Å²) in [5, 5.41) is -0.0364. The third-order valence-corrected chi connectivity index (χ3v) is 4.36. The van der Waals surface area contributed by atoms with Gasteiger partial charge in [-0.3, -0.25) is 4.72 Å². The number of hydrogen-bond acceptors (Lipinski definition) is 5. The number of nitrogens with zero attached hydrogens (tertiary/aromatic N) is 2. The van der Waals surface area contributed by atoms with Crippen molar-refractivity contribution in [3.05, 3.63) is 40.8 Å². The van der Waals surface area contributed by atoms with Gasteiger partial charge in [0.1, 0.15) is 5.82 Å². The quantitative estimate of drug-likeness (QED) is 0.668. The summed E-state index contributed by atoms with van der Waals surface area (Å²) in [6.45, 7) is 3.42. The van der Waals surface area contributed by atoms with Crippen molar-refractivity contribution in [2.45, 2.75) is 18.7 Å². The molecule has 8 heteroatoms. The van der Waals surface area contributed by atoms with Crippen molar-refractivity contribution in [1.29, 1.82) is 0 Å². The van der Waals surface area contributed by atoms with E-state index < -0.39 is 10.0 Å². The molecule has 106 valence electrons. The maximum absolute atomic E-state index is 12.4. The molecular formula is C12H13ClN4O2S. The molecule has 0 spiro atoms. The lowest BCUT2D eigenvalue weighted by atomic mass is 10.1. The molecule has 0 atom stereocenters. The van der Waals surface area contributed by atoms with E-state index in [0.717, 1.165) is 5.56 Å². The first-order chi connectivity index (χ1) is 9.29. The molecule has 2 aromatic rings. The molecule has 0 aliphatic rings. The van der Waals surface area contributed by atoms with Crippen LogP contribution in [0.3, 0.4) is 0 Å². The Morgan fingerprint density at radius 1 is 1.30 bits per heavy atom. The molecule has 1 aromatic heterocycles. The molecule has 0 amide bonds. The fourth-order valence-corrected chi connectivity index (χ4v) is 3.22. The molecule has 0 fully saturated rings. The first-order valence-electron chi connectivity index (χ1n) is 5.67. The van der Waals surface area contributed by atoms with E-state index in [-0.39, 0.29) is 16.0 Å². The highest BCUT2D eigenvalue weighted by molar-refractivity contribution is 7.92. The monoisotopic (exact) mass is 312 g/mol. The number of nitrogens with two attached hydrogens (primary N) is 1. The number of aromatic nitrogens is 2. The van der Waals surface area contributed by atoms with E-state index in [1.165, 1.54) is 12.3 Å². The van der Waals surface area contributed by atoms with Crippen LogP contribution in [0.2, 0.25) is 5.28 Å². The zero-order valence-electron chi connectivity index (χ0n) is 10.9. The standard InChI is InChI=1S/C12H13ClN4O2S/c1-7-5-9(14)8(2)10(6-7)20(18,19)17-11-3-4-15-12(13)16-11/h3-6H,14H2,1-2H3,(H,15,16,17). The number of hydrogen-bond donors (Lipinski definition) is 2. The van der Waals surface area contributed by atoms with Gasteiger partial charge in [-0.1, -0.05) is 0 Å². The Hall–Kier alpha value is -1.86. The first-order valence-corrected chi connectivity index (χ1v) is 7.54. The highest BCUT2D eigenvalue weighted by Gasteiger charge is 2.19. The van der Waals surface area contributed by atoms with Crippen LogP contribution in [-0.4, -0.2) is 18.4 Å². The second kappa shape index (κ2) is 5.26. The third-order valence-electron chi connectivity index (χ3n) is 2.70. The van der Waals surface area contributed by atoms with Crippen LogP contribution in [0, 0.1) is 13.8 Å². The van der Waals surface area contributed by atoms with Gasteiger partial charge >= 0.3 is 0 Å². The van der Waals surface area contributed by atoms with Crippen LogP contribution in [0.25, 0.3) is 0 Å². The first kappa shape index (κ1) is 14.5. The van der Waals surface area contributed by atoms with Crippen molar-refractivity contribution < 1.29 is 8.42 Å². The van der Waals surface area contributed by atoms with Crippen molar-refractivity contribution >= 4 is 33.1 Å². The van der Waals surface area contributed by atoms with E-state index >= 15 is 0 Å². The predicted octanol–water partition coefficient (Wildman–Crippen LogP) is 2.13. The number of benzene rings is 1. The van der Waals surface area contributed by atoms with E-state index in [1.54, 1.807) is 26.0 Å². The van der Waals surface area contributed by atoms with Crippen LogP contribution in [0.1, 0.15) is 11.1 Å². The third kappa shape index (κ3) is 3.00. The number of halogens is 1. The average molecular weight is 313 g/mol. The molecule has 0 radical (unpaired) electrons. The van der Waals surface area contributed by atoms with Gasteiger partial charge in [-0.15, -0.1) is 0 Å². The second-order valence-electron chi connectivity index (χ2n) is 4.29. The fraction of sp³-hybridized carbons (Fsp3) is 0.167. The SMILES string of the molecule is Cc1cc(N)c(C)c(S(=O)(=O)Nc2ccnc(Cl)n2)c1. The summed E-state index contributed by atoms with van der Waals surface area (Å²) in [6.07, 6.45) is 1.37. The van der Waals surface area contributed by atoms with Crippen molar-refractivity contribution in [3.8, 4) is 0 Å². The summed E-state index contributed by atoms with van der Waals surface area (Å²) in [5.41, 5.74) is 7.47. The molecule has 1 aromatic carbocycles. The molecule has 0 saturated heterocycles. The highest BCUT2D eigenvalue weighted by atomic mass is 35.5. The largest absolute Gasteiger partial charge is 0.398 e. The normalized spacial score (nSPS) is 11.3. The van der Waals surface area contributed by atoms with Crippen LogP contribution in [0.15, 0.2) is 29.3 Å². The summed E-state index contributed by atoms with van der Waals surface area (Å²) in [4.78, 5) is 7.59. The molecule has 0 aliphatic heterocycles. The zero-order chi connectivity index (χ0) is 14.9. The van der Waals surface area contributed by atoms with E-state index in [1.807, 2.05) is 0 Å². The van der Waals surface area contributed by atoms with E-state index in [9.17, 15) is 8.42 Å². The second-order valence-corrected chi connectivity index (χ2v) is 6.28. The molecule has 2 rings (SSSR count). The smallest absolute Gasteiger partial charge is 0.263 e. The van der Waals surface area contributed by atoms with Gasteiger partial charge < -0.3 is 5.73 Å². The molecular weight excluding hydrogens is 300 g/mol. The molecule has 0 bridgehead atoms. The Bertz CT molecular complexity index is 762. The lowest BCUT2D eigenvalue weighted by Gasteiger charge is -2.12. The van der Waals surface area contributed by atoms with Gasteiger partial charge in [0.25, 0.3) is 10.0 Å². The Morgan fingerprint density at radius 3 is 2.65 bits per heavy atom. The van der Waals surface area contributed by atoms with Crippen molar-refractivity contribution in [3.63, 3.8) is 0 Å². The minimum atomic E-state index is -3.78. The number of sulfonamides is 1. The van der Waals surface area contributed by atoms with Crippen LogP contribution < -0.4 is 10.5 Å². The Kier molecular flexibility index (Phi) is 3.82. The summed E-state index contributed by atoms with van der Waals surface area (Å²) in [6, 6.07) is 4.69. The molecule has 0 aliphatic carbocycles. The van der Waals surface area contributed by atoms with Gasteiger partial charge in [0.2, 0.25) is 5.28 Å². The minimum Gasteiger partial charge on any atom is -0.398 e. The van der Waals surface area contributed by atoms with Gasteiger partial charge in [0.15, 0.2) is 0 Å². The number of anilines is 2. The van der Waals surface area contributed by atoms with Crippen molar-refractivity contribution in [1.82, 2.24) is 9.97 Å². The summed E-state index contributed by atoms with van der Waals surface area (Å²) in [7, 11) is -3.78. The van der Waals surface area contributed by atoms with Crippen LogP contribution in [0.4, 0.5) is 11.5 Å². The van der Waals surface area contributed by atoms with Crippen LogP contribution >= 0.6 is 11.6 Å². The fourth-order valence-electron chi connectivity index (χ4n) is 1.72. The van der Waals surface area contributed by atoms with Gasteiger partial charge in [-0.25, -0.2) is 13.4 Å². The lowest BCUT2D eigenvalue weighted by molar-refractivity contribution is 0.600. The number of nitrogens with one attached hydrogen (secondary N) is 1. The van der Waals surface area contributed by atoms with Gasteiger partial charge in [0, 0.05) is 11.9 Å². The highest BCUT2D eigenvalue weighted by Crippen LogP contribution is 2.24. The van der Waals surface area contributed by atoms with Gasteiger partial charge in [0.05, 0.1) is 4.90 Å². The number of rotatable bonds is 3. The molecule has 0 unspecified atom stereocenters. The Morgan fingerprint density at radius 2 is 2.00 bits per heavy atom. The van der Waals surface area contributed by atoms with Crippen LogP contribution in [-0.2, 0) is 10.0 Å².